The number of sulfonamides is 1. The molecule has 2 aromatic heterocycles. The van der Waals surface area contributed by atoms with Crippen molar-refractivity contribution in [3.05, 3.63) is 47.0 Å². The Bertz CT molecular complexity index is 1280. The van der Waals surface area contributed by atoms with Gasteiger partial charge in [0.05, 0.1) is 22.8 Å². The molecule has 3 heterocycles. The zero-order chi connectivity index (χ0) is 22.6. The van der Waals surface area contributed by atoms with Crippen LogP contribution in [0.5, 0.6) is 0 Å². The summed E-state index contributed by atoms with van der Waals surface area (Å²) in [4.78, 5) is 17.3. The number of anilines is 1. The molecule has 0 bridgehead atoms. The van der Waals surface area contributed by atoms with Crippen LogP contribution in [0.15, 0.2) is 34.7 Å². The standard InChI is InChI=1S/C22H25N3O5S/c1-13-6-8-14(9-7-13)18-17(20(26)23-3)15-12-16-19(24-21(15)30-18)25(31(4,28)29)11-5-10-22(16,2)27/h6-9,12,27H,5,10-11H2,1-4H3,(H,23,26). The first-order valence-electron chi connectivity index (χ1n) is 10.00. The third-order valence-electron chi connectivity index (χ3n) is 5.67. The van der Waals surface area contributed by atoms with Gasteiger partial charge in [0.15, 0.2) is 5.82 Å². The molecule has 0 saturated carbocycles. The molecular formula is C22H25N3O5S. The molecule has 164 valence electrons. The molecule has 3 aromatic rings. The van der Waals surface area contributed by atoms with E-state index < -0.39 is 15.6 Å². The second-order valence-electron chi connectivity index (χ2n) is 8.18. The number of aliphatic hydroxyl groups is 1. The van der Waals surface area contributed by atoms with Gasteiger partial charge in [0.1, 0.15) is 5.76 Å². The van der Waals surface area contributed by atoms with Gasteiger partial charge >= 0.3 is 0 Å². The molecule has 4 rings (SSSR count). The summed E-state index contributed by atoms with van der Waals surface area (Å²) < 4.78 is 32.1. The molecule has 1 aliphatic rings. The summed E-state index contributed by atoms with van der Waals surface area (Å²) in [6.45, 7) is 3.79. The summed E-state index contributed by atoms with van der Waals surface area (Å²) in [5, 5.41) is 14.2. The molecule has 0 spiro atoms. The number of nitrogens with zero attached hydrogens (tertiary/aromatic N) is 2. The van der Waals surface area contributed by atoms with Crippen LogP contribution in [-0.2, 0) is 15.6 Å². The van der Waals surface area contributed by atoms with Crippen LogP contribution in [0, 0.1) is 6.92 Å². The molecule has 0 fully saturated rings. The number of nitrogens with one attached hydrogen (secondary N) is 1. The van der Waals surface area contributed by atoms with Crippen molar-refractivity contribution >= 4 is 32.8 Å². The van der Waals surface area contributed by atoms with Crippen LogP contribution in [0.2, 0.25) is 0 Å². The molecule has 0 radical (unpaired) electrons. The van der Waals surface area contributed by atoms with Crippen molar-refractivity contribution in [2.75, 3.05) is 24.2 Å². The number of rotatable bonds is 3. The van der Waals surface area contributed by atoms with Crippen LogP contribution in [0.3, 0.4) is 0 Å². The summed E-state index contributed by atoms with van der Waals surface area (Å²) in [5.74, 6) is 0.113. The predicted octanol–water partition coefficient (Wildman–Crippen LogP) is 2.93. The second-order valence-corrected chi connectivity index (χ2v) is 10.1. The van der Waals surface area contributed by atoms with E-state index in [4.69, 9.17) is 4.42 Å². The monoisotopic (exact) mass is 443 g/mol. The molecule has 1 amide bonds. The minimum atomic E-state index is -3.62. The quantitative estimate of drug-likeness (QED) is 0.644. The van der Waals surface area contributed by atoms with Gasteiger partial charge < -0.3 is 14.8 Å². The maximum Gasteiger partial charge on any atom is 0.255 e. The van der Waals surface area contributed by atoms with Crippen molar-refractivity contribution in [1.29, 1.82) is 0 Å². The number of carbonyl (C=O) groups excluding carboxylic acids is 1. The smallest absolute Gasteiger partial charge is 0.255 e. The van der Waals surface area contributed by atoms with Gasteiger partial charge in [-0.05, 0) is 32.8 Å². The number of aromatic nitrogens is 1. The van der Waals surface area contributed by atoms with Gasteiger partial charge in [-0.3, -0.25) is 9.10 Å². The lowest BCUT2D eigenvalue weighted by molar-refractivity contribution is 0.0488. The number of aryl methyl sites for hydroxylation is 1. The third-order valence-corrected chi connectivity index (χ3v) is 6.83. The van der Waals surface area contributed by atoms with Gasteiger partial charge in [0.25, 0.3) is 5.91 Å². The Morgan fingerprint density at radius 3 is 2.58 bits per heavy atom. The third kappa shape index (κ3) is 3.68. The molecule has 1 unspecified atom stereocenters. The molecule has 0 aliphatic carbocycles. The molecule has 1 atom stereocenters. The maximum absolute atomic E-state index is 12.8. The van der Waals surface area contributed by atoms with E-state index in [1.54, 1.807) is 13.0 Å². The Morgan fingerprint density at radius 1 is 1.29 bits per heavy atom. The molecule has 1 aromatic carbocycles. The summed E-state index contributed by atoms with van der Waals surface area (Å²) in [7, 11) is -2.10. The van der Waals surface area contributed by atoms with E-state index in [2.05, 4.69) is 10.3 Å². The Balaban J connectivity index is 2.06. The average Bonchev–Trinajstić information content (AvgIpc) is 3.01. The minimum absolute atomic E-state index is 0.130. The minimum Gasteiger partial charge on any atom is -0.437 e. The normalized spacial score (nSPS) is 19.2. The molecule has 2 N–H and O–H groups in total. The Kier molecular flexibility index (Phi) is 5.06. The van der Waals surface area contributed by atoms with E-state index in [1.165, 1.54) is 11.4 Å². The van der Waals surface area contributed by atoms with Gasteiger partial charge in [0.2, 0.25) is 15.7 Å². The van der Waals surface area contributed by atoms with Crippen LogP contribution >= 0.6 is 0 Å². The van der Waals surface area contributed by atoms with Crippen LogP contribution in [0.25, 0.3) is 22.4 Å². The molecule has 9 heteroatoms. The van der Waals surface area contributed by atoms with Crippen LogP contribution < -0.4 is 9.62 Å². The molecule has 0 saturated heterocycles. The van der Waals surface area contributed by atoms with E-state index in [1.807, 2.05) is 31.2 Å². The van der Waals surface area contributed by atoms with Crippen molar-refractivity contribution < 1.29 is 22.7 Å². The number of furan rings is 1. The van der Waals surface area contributed by atoms with Gasteiger partial charge in [-0.15, -0.1) is 0 Å². The van der Waals surface area contributed by atoms with Crippen LogP contribution in [-0.4, -0.2) is 44.3 Å². The zero-order valence-electron chi connectivity index (χ0n) is 17.9. The maximum atomic E-state index is 12.8. The first-order chi connectivity index (χ1) is 14.5. The SMILES string of the molecule is CNC(=O)c1c(-c2ccc(C)cc2)oc2nc3c(cc12)C(C)(O)CCCN3S(C)(=O)=O. The van der Waals surface area contributed by atoms with E-state index in [0.29, 0.717) is 40.7 Å². The van der Waals surface area contributed by atoms with Crippen LogP contribution in [0.4, 0.5) is 5.82 Å². The summed E-state index contributed by atoms with van der Waals surface area (Å²) >= 11 is 0. The van der Waals surface area contributed by atoms with Crippen molar-refractivity contribution in [3.8, 4) is 11.3 Å². The van der Waals surface area contributed by atoms with E-state index in [-0.39, 0.29) is 24.0 Å². The lowest BCUT2D eigenvalue weighted by Gasteiger charge is -2.25. The fraction of sp³-hybridized carbons (Fsp3) is 0.364. The van der Waals surface area contributed by atoms with Gasteiger partial charge in [-0.25, -0.2) is 8.42 Å². The van der Waals surface area contributed by atoms with Crippen molar-refractivity contribution in [2.45, 2.75) is 32.3 Å². The lowest BCUT2D eigenvalue weighted by Crippen LogP contribution is -2.32. The number of amides is 1. The largest absolute Gasteiger partial charge is 0.437 e. The molecule has 31 heavy (non-hydrogen) atoms. The van der Waals surface area contributed by atoms with E-state index >= 15 is 0 Å². The Hall–Kier alpha value is -2.91. The summed E-state index contributed by atoms with van der Waals surface area (Å²) in [6, 6.07) is 9.16. The highest BCUT2D eigenvalue weighted by molar-refractivity contribution is 7.92. The fourth-order valence-corrected chi connectivity index (χ4v) is 4.90. The number of carbonyl (C=O) groups is 1. The number of hydrogen-bond donors (Lipinski definition) is 2. The number of pyridine rings is 1. The highest BCUT2D eigenvalue weighted by Gasteiger charge is 2.37. The number of fused-ring (bicyclic) bond motifs is 2. The highest BCUT2D eigenvalue weighted by atomic mass is 32.2. The first kappa shape index (κ1) is 21.3. The van der Waals surface area contributed by atoms with E-state index in [0.717, 1.165) is 11.8 Å². The van der Waals surface area contributed by atoms with Gasteiger partial charge in [-0.1, -0.05) is 29.8 Å². The summed E-state index contributed by atoms with van der Waals surface area (Å²) in [6.07, 6.45) is 1.93. The lowest BCUT2D eigenvalue weighted by atomic mass is 9.91. The van der Waals surface area contributed by atoms with Gasteiger partial charge in [0, 0.05) is 24.7 Å². The average molecular weight is 444 g/mol. The van der Waals surface area contributed by atoms with E-state index in [9.17, 15) is 18.3 Å². The molecular weight excluding hydrogens is 418 g/mol. The van der Waals surface area contributed by atoms with Crippen molar-refractivity contribution in [2.24, 2.45) is 0 Å². The van der Waals surface area contributed by atoms with Crippen LogP contribution in [0.1, 0.15) is 41.3 Å². The highest BCUT2D eigenvalue weighted by Crippen LogP contribution is 2.42. The predicted molar refractivity (Wildman–Crippen MR) is 119 cm³/mol. The number of benzene rings is 1. The molecule has 8 nitrogen and oxygen atoms in total. The van der Waals surface area contributed by atoms with Crippen molar-refractivity contribution in [3.63, 3.8) is 0 Å². The Labute approximate surface area is 180 Å². The van der Waals surface area contributed by atoms with Gasteiger partial charge in [-0.2, -0.15) is 4.98 Å². The topological polar surface area (TPSA) is 113 Å². The Morgan fingerprint density at radius 2 is 1.97 bits per heavy atom. The zero-order valence-corrected chi connectivity index (χ0v) is 18.7. The summed E-state index contributed by atoms with van der Waals surface area (Å²) in [5.41, 5.74) is 1.23. The van der Waals surface area contributed by atoms with Crippen molar-refractivity contribution in [1.82, 2.24) is 10.3 Å². The number of hydrogen-bond acceptors (Lipinski definition) is 6. The molecule has 1 aliphatic heterocycles. The first-order valence-corrected chi connectivity index (χ1v) is 11.8. The fourth-order valence-electron chi connectivity index (χ4n) is 3.99. The second kappa shape index (κ2) is 7.35.